The monoisotopic (exact) mass is 236 g/mol. The number of methoxy groups -OCH3 is 1. The molecule has 0 heterocycles. The van der Waals surface area contributed by atoms with Crippen molar-refractivity contribution in [3.8, 4) is 0 Å². The zero-order chi connectivity index (χ0) is 12.5. The van der Waals surface area contributed by atoms with Crippen molar-refractivity contribution in [2.45, 2.75) is 19.4 Å². The van der Waals surface area contributed by atoms with Gasteiger partial charge >= 0.3 is 0 Å². The molecular formula is C14H24N2O. The van der Waals surface area contributed by atoms with Gasteiger partial charge < -0.3 is 15.0 Å². The van der Waals surface area contributed by atoms with Crippen LogP contribution in [0.4, 0.5) is 5.69 Å². The average molecular weight is 236 g/mol. The van der Waals surface area contributed by atoms with Gasteiger partial charge in [0.15, 0.2) is 0 Å². The van der Waals surface area contributed by atoms with Crippen LogP contribution in [-0.4, -0.2) is 44.8 Å². The number of hydrogen-bond acceptors (Lipinski definition) is 3. The smallest absolute Gasteiger partial charge is 0.0474 e. The van der Waals surface area contributed by atoms with Crippen LogP contribution in [-0.2, 0) is 4.74 Å². The largest absolute Gasteiger partial charge is 0.385 e. The van der Waals surface area contributed by atoms with Crippen LogP contribution in [0.3, 0.4) is 0 Å². The summed E-state index contributed by atoms with van der Waals surface area (Å²) in [5.41, 5.74) is 1.18. The summed E-state index contributed by atoms with van der Waals surface area (Å²) in [4.78, 5) is 2.36. The molecule has 1 aromatic rings. The zero-order valence-electron chi connectivity index (χ0n) is 11.1. The second-order valence-corrected chi connectivity index (χ2v) is 4.42. The predicted molar refractivity (Wildman–Crippen MR) is 73.5 cm³/mol. The zero-order valence-corrected chi connectivity index (χ0v) is 11.1. The average Bonchev–Trinajstić information content (AvgIpc) is 2.37. The minimum atomic E-state index is 0.520. The number of nitrogens with one attached hydrogen (secondary N) is 1. The van der Waals surface area contributed by atoms with Crippen LogP contribution in [0.1, 0.15) is 13.3 Å². The summed E-state index contributed by atoms with van der Waals surface area (Å²) < 4.78 is 5.06. The summed E-state index contributed by atoms with van der Waals surface area (Å²) >= 11 is 0. The fraction of sp³-hybridized carbons (Fsp3) is 0.571. The van der Waals surface area contributed by atoms with E-state index in [1.807, 2.05) is 6.07 Å². The summed E-state index contributed by atoms with van der Waals surface area (Å²) in [6, 6.07) is 10.8. The number of nitrogens with zero attached hydrogens (tertiary/aromatic N) is 1. The number of benzene rings is 1. The highest BCUT2D eigenvalue weighted by molar-refractivity contribution is 5.42. The van der Waals surface area contributed by atoms with Gasteiger partial charge in [-0.2, -0.15) is 0 Å². The molecule has 1 N–H and O–H groups in total. The molecule has 0 radical (unpaired) electrons. The molecule has 0 aliphatic carbocycles. The van der Waals surface area contributed by atoms with Crippen LogP contribution in [0.5, 0.6) is 0 Å². The molecule has 0 saturated heterocycles. The highest BCUT2D eigenvalue weighted by atomic mass is 16.5. The lowest BCUT2D eigenvalue weighted by Crippen LogP contribution is -2.35. The summed E-state index contributed by atoms with van der Waals surface area (Å²) in [5, 5.41) is 3.44. The van der Waals surface area contributed by atoms with E-state index in [0.717, 1.165) is 26.1 Å². The third-order valence-electron chi connectivity index (χ3n) is 2.99. The quantitative estimate of drug-likeness (QED) is 0.702. The van der Waals surface area contributed by atoms with E-state index in [2.05, 4.69) is 48.5 Å². The lowest BCUT2D eigenvalue weighted by atomic mass is 10.2. The first-order valence-electron chi connectivity index (χ1n) is 6.22. The van der Waals surface area contributed by atoms with Gasteiger partial charge in [0.1, 0.15) is 0 Å². The molecule has 17 heavy (non-hydrogen) atoms. The number of ether oxygens (including phenoxy) is 1. The molecule has 1 atom stereocenters. The predicted octanol–water partition coefficient (Wildman–Crippen LogP) is 2.46. The fourth-order valence-corrected chi connectivity index (χ4v) is 1.66. The second-order valence-electron chi connectivity index (χ2n) is 4.42. The van der Waals surface area contributed by atoms with E-state index < -0.39 is 0 Å². The molecule has 0 bridgehead atoms. The van der Waals surface area contributed by atoms with Crippen LogP contribution in [0, 0.1) is 0 Å². The molecule has 0 aliphatic heterocycles. The van der Waals surface area contributed by atoms with Gasteiger partial charge in [-0.1, -0.05) is 18.2 Å². The molecule has 1 unspecified atom stereocenters. The van der Waals surface area contributed by atoms with E-state index in [1.165, 1.54) is 5.69 Å². The van der Waals surface area contributed by atoms with E-state index in [4.69, 9.17) is 4.74 Å². The molecule has 0 saturated carbocycles. The molecule has 1 aromatic carbocycles. The molecule has 0 spiro atoms. The Morgan fingerprint density at radius 1 is 1.29 bits per heavy atom. The van der Waals surface area contributed by atoms with Crippen molar-refractivity contribution >= 4 is 5.69 Å². The minimum Gasteiger partial charge on any atom is -0.385 e. The molecule has 0 fully saturated rings. The van der Waals surface area contributed by atoms with Gasteiger partial charge in [-0.3, -0.25) is 0 Å². The van der Waals surface area contributed by atoms with Crippen LogP contribution < -0.4 is 5.32 Å². The van der Waals surface area contributed by atoms with Crippen LogP contribution in [0.25, 0.3) is 0 Å². The highest BCUT2D eigenvalue weighted by Gasteiger charge is 2.07. The number of anilines is 1. The van der Waals surface area contributed by atoms with Gasteiger partial charge in [0, 0.05) is 38.5 Å². The van der Waals surface area contributed by atoms with Crippen molar-refractivity contribution < 1.29 is 4.74 Å². The number of rotatable bonds is 8. The Hall–Kier alpha value is -1.06. The topological polar surface area (TPSA) is 24.5 Å². The van der Waals surface area contributed by atoms with E-state index in [0.29, 0.717) is 6.04 Å². The lowest BCUT2D eigenvalue weighted by Gasteiger charge is -2.25. The van der Waals surface area contributed by atoms with Crippen LogP contribution in [0.2, 0.25) is 0 Å². The molecule has 0 aliphatic rings. The first kappa shape index (κ1) is 14.0. The third kappa shape index (κ3) is 5.71. The maximum atomic E-state index is 5.06. The summed E-state index contributed by atoms with van der Waals surface area (Å²) in [7, 11) is 3.91. The van der Waals surface area contributed by atoms with E-state index in [9.17, 15) is 0 Å². The molecule has 3 heteroatoms. The minimum absolute atomic E-state index is 0.520. The van der Waals surface area contributed by atoms with Crippen molar-refractivity contribution in [2.24, 2.45) is 0 Å². The maximum Gasteiger partial charge on any atom is 0.0474 e. The molecule has 1 rings (SSSR count). The normalized spacial score (nSPS) is 12.7. The lowest BCUT2D eigenvalue weighted by molar-refractivity contribution is 0.170. The van der Waals surface area contributed by atoms with Gasteiger partial charge in [-0.05, 0) is 32.5 Å². The highest BCUT2D eigenvalue weighted by Crippen LogP contribution is 2.06. The van der Waals surface area contributed by atoms with Crippen molar-refractivity contribution in [1.29, 1.82) is 0 Å². The van der Waals surface area contributed by atoms with Crippen LogP contribution >= 0.6 is 0 Å². The molecular weight excluding hydrogens is 212 g/mol. The maximum absolute atomic E-state index is 5.06. The van der Waals surface area contributed by atoms with Gasteiger partial charge in [0.2, 0.25) is 0 Å². The van der Waals surface area contributed by atoms with Crippen molar-refractivity contribution in [1.82, 2.24) is 4.90 Å². The van der Waals surface area contributed by atoms with E-state index in [-0.39, 0.29) is 0 Å². The number of para-hydroxylation sites is 1. The van der Waals surface area contributed by atoms with Crippen molar-refractivity contribution in [3.63, 3.8) is 0 Å². The van der Waals surface area contributed by atoms with Crippen molar-refractivity contribution in [3.05, 3.63) is 30.3 Å². The van der Waals surface area contributed by atoms with Gasteiger partial charge in [0.25, 0.3) is 0 Å². The fourth-order valence-electron chi connectivity index (χ4n) is 1.66. The second kappa shape index (κ2) is 8.09. The van der Waals surface area contributed by atoms with Crippen LogP contribution in [0.15, 0.2) is 30.3 Å². The first-order chi connectivity index (χ1) is 8.24. The van der Waals surface area contributed by atoms with Gasteiger partial charge in [-0.25, -0.2) is 0 Å². The number of likely N-dealkylation sites (N-methyl/N-ethyl adjacent to an activating group) is 1. The standard InChI is InChI=1S/C14H24N2O/c1-13(16(2)10-7-11-17-3)12-15-14-8-5-4-6-9-14/h4-6,8-9,13,15H,7,10-12H2,1-3H3. The number of hydrogen-bond donors (Lipinski definition) is 1. The Morgan fingerprint density at radius 3 is 2.65 bits per heavy atom. The SMILES string of the molecule is COCCCN(C)C(C)CNc1ccccc1. The molecule has 0 amide bonds. The Balaban J connectivity index is 2.22. The Morgan fingerprint density at radius 2 is 2.00 bits per heavy atom. The molecule has 96 valence electrons. The Bertz CT molecular complexity index is 290. The Labute approximate surface area is 105 Å². The van der Waals surface area contributed by atoms with Gasteiger partial charge in [-0.15, -0.1) is 0 Å². The van der Waals surface area contributed by atoms with Gasteiger partial charge in [0.05, 0.1) is 0 Å². The molecule has 0 aromatic heterocycles. The molecule has 3 nitrogen and oxygen atoms in total. The van der Waals surface area contributed by atoms with Crippen molar-refractivity contribution in [2.75, 3.05) is 39.2 Å². The summed E-state index contributed by atoms with van der Waals surface area (Å²) in [5.74, 6) is 0. The van der Waals surface area contributed by atoms with E-state index >= 15 is 0 Å². The summed E-state index contributed by atoms with van der Waals surface area (Å²) in [6.07, 6.45) is 1.09. The Kier molecular flexibility index (Phi) is 6.67. The first-order valence-corrected chi connectivity index (χ1v) is 6.22. The third-order valence-corrected chi connectivity index (χ3v) is 2.99. The van der Waals surface area contributed by atoms with E-state index in [1.54, 1.807) is 7.11 Å². The summed E-state index contributed by atoms with van der Waals surface area (Å²) in [6.45, 7) is 5.12.